The molecule has 31 heavy (non-hydrogen) atoms. The van der Waals surface area contributed by atoms with Gasteiger partial charge in [0.15, 0.2) is 0 Å². The number of ketones is 1. The van der Waals surface area contributed by atoms with Gasteiger partial charge in [0.1, 0.15) is 12.0 Å². The van der Waals surface area contributed by atoms with Crippen LogP contribution in [0.25, 0.3) is 0 Å². The number of amides is 2. The van der Waals surface area contributed by atoms with E-state index in [0.29, 0.717) is 72.2 Å². The summed E-state index contributed by atoms with van der Waals surface area (Å²) in [4.78, 5) is 35.5. The number of hydrazine groups is 1. The number of likely N-dealkylation sites (tertiary alicyclic amines) is 1. The molecule has 1 heterocycles. The normalized spacial score (nSPS) is 16.1. The smallest absolute Gasteiger partial charge is 0.236 e. The highest BCUT2D eigenvalue weighted by Gasteiger charge is 2.28. The highest BCUT2D eigenvalue weighted by atomic mass is 16.6. The van der Waals surface area contributed by atoms with Gasteiger partial charge in [-0.15, -0.1) is 0 Å². The van der Waals surface area contributed by atoms with Gasteiger partial charge in [-0.3, -0.25) is 19.8 Å². The van der Waals surface area contributed by atoms with Gasteiger partial charge in [0.2, 0.25) is 11.8 Å². The SMILES string of the molecule is NNC(=O)CCOCCOCCOCCOCCNCC(=O)CCN1C(=O)CCC1O. The number of nitrogens with one attached hydrogen (secondary N) is 2. The zero-order chi connectivity index (χ0) is 22.7. The van der Waals surface area contributed by atoms with E-state index in [1.54, 1.807) is 0 Å². The van der Waals surface area contributed by atoms with Gasteiger partial charge in [-0.25, -0.2) is 5.84 Å². The maximum Gasteiger partial charge on any atom is 0.236 e. The predicted molar refractivity (Wildman–Crippen MR) is 110 cm³/mol. The van der Waals surface area contributed by atoms with Crippen LogP contribution in [0.3, 0.4) is 0 Å². The van der Waals surface area contributed by atoms with Gasteiger partial charge in [-0.1, -0.05) is 0 Å². The van der Waals surface area contributed by atoms with Gasteiger partial charge in [0.05, 0.1) is 65.8 Å². The van der Waals surface area contributed by atoms with Crippen LogP contribution in [0.2, 0.25) is 0 Å². The first kappa shape index (κ1) is 27.4. The summed E-state index contributed by atoms with van der Waals surface area (Å²) in [5.74, 6) is 4.56. The number of nitrogens with two attached hydrogens (primary N) is 1. The number of hydrogen-bond acceptors (Lipinski definition) is 10. The first-order chi connectivity index (χ1) is 15.0. The molecule has 1 rings (SSSR count). The van der Waals surface area contributed by atoms with Crippen molar-refractivity contribution in [2.45, 2.75) is 31.9 Å². The summed E-state index contributed by atoms with van der Waals surface area (Å²) in [7, 11) is 0. The number of aliphatic hydroxyl groups excluding tert-OH is 1. The molecular weight excluding hydrogens is 412 g/mol. The third kappa shape index (κ3) is 14.1. The van der Waals surface area contributed by atoms with Crippen LogP contribution in [0.5, 0.6) is 0 Å². The molecule has 12 nitrogen and oxygen atoms in total. The van der Waals surface area contributed by atoms with Gasteiger partial charge in [-0.05, 0) is 0 Å². The molecule has 0 spiro atoms. The van der Waals surface area contributed by atoms with E-state index in [-0.39, 0.29) is 43.5 Å². The van der Waals surface area contributed by atoms with E-state index >= 15 is 0 Å². The van der Waals surface area contributed by atoms with E-state index in [0.717, 1.165) is 0 Å². The fourth-order valence-electron chi connectivity index (χ4n) is 2.70. The third-order valence-corrected chi connectivity index (χ3v) is 4.42. The molecule has 1 fully saturated rings. The van der Waals surface area contributed by atoms with Gasteiger partial charge in [0, 0.05) is 32.4 Å². The van der Waals surface area contributed by atoms with Crippen LogP contribution in [-0.2, 0) is 33.3 Å². The average molecular weight is 449 g/mol. The molecule has 0 radical (unpaired) electrons. The molecular formula is C19H36N4O8. The molecule has 0 aromatic rings. The molecule has 5 N–H and O–H groups in total. The molecule has 1 saturated heterocycles. The van der Waals surface area contributed by atoms with Gasteiger partial charge in [0.25, 0.3) is 0 Å². The topological polar surface area (TPSA) is 162 Å². The largest absolute Gasteiger partial charge is 0.379 e. The van der Waals surface area contributed by atoms with Crippen LogP contribution >= 0.6 is 0 Å². The Kier molecular flexibility index (Phi) is 15.8. The molecule has 0 aromatic carbocycles. The van der Waals surface area contributed by atoms with Crippen LogP contribution in [0.15, 0.2) is 0 Å². The maximum absolute atomic E-state index is 11.8. The van der Waals surface area contributed by atoms with Crippen molar-refractivity contribution < 1.29 is 38.4 Å². The molecule has 180 valence electrons. The lowest BCUT2D eigenvalue weighted by Gasteiger charge is -2.19. The highest BCUT2D eigenvalue weighted by molar-refractivity contribution is 5.82. The molecule has 2 amide bonds. The van der Waals surface area contributed by atoms with Crippen LogP contribution in [-0.4, -0.2) is 106 Å². The summed E-state index contributed by atoms with van der Waals surface area (Å²) in [6, 6.07) is 0. The number of carbonyl (C=O) groups excluding carboxylic acids is 3. The molecule has 1 unspecified atom stereocenters. The Morgan fingerprint density at radius 1 is 0.968 bits per heavy atom. The second-order valence-electron chi connectivity index (χ2n) is 6.84. The van der Waals surface area contributed by atoms with Crippen molar-refractivity contribution in [3.63, 3.8) is 0 Å². The van der Waals surface area contributed by atoms with E-state index in [9.17, 15) is 19.5 Å². The quantitative estimate of drug-likeness (QED) is 0.0704. The molecule has 0 aromatic heterocycles. The van der Waals surface area contributed by atoms with E-state index in [1.165, 1.54) is 4.90 Å². The fraction of sp³-hybridized carbons (Fsp3) is 0.842. The van der Waals surface area contributed by atoms with E-state index in [2.05, 4.69) is 5.32 Å². The minimum Gasteiger partial charge on any atom is -0.379 e. The number of ether oxygens (including phenoxy) is 4. The first-order valence-corrected chi connectivity index (χ1v) is 10.5. The van der Waals surface area contributed by atoms with E-state index in [4.69, 9.17) is 24.8 Å². The summed E-state index contributed by atoms with van der Waals surface area (Å²) in [5, 5.41) is 12.6. The summed E-state index contributed by atoms with van der Waals surface area (Å²) in [6.45, 7) is 4.35. The monoisotopic (exact) mass is 448 g/mol. The lowest BCUT2D eigenvalue weighted by Crippen LogP contribution is -2.36. The van der Waals surface area contributed by atoms with Crippen molar-refractivity contribution in [1.82, 2.24) is 15.6 Å². The Morgan fingerprint density at radius 3 is 2.10 bits per heavy atom. The first-order valence-electron chi connectivity index (χ1n) is 10.5. The number of carbonyl (C=O) groups is 3. The minimum absolute atomic E-state index is 0.0123. The molecule has 0 aliphatic carbocycles. The number of nitrogens with zero attached hydrogens (tertiary/aromatic N) is 1. The Bertz CT molecular complexity index is 523. The Labute approximate surface area is 182 Å². The zero-order valence-electron chi connectivity index (χ0n) is 18.0. The number of Topliss-reactive ketones (excluding diaryl/α,β-unsaturated/α-hetero) is 1. The molecule has 12 heteroatoms. The fourth-order valence-corrected chi connectivity index (χ4v) is 2.70. The summed E-state index contributed by atoms with van der Waals surface area (Å²) < 4.78 is 21.3. The average Bonchev–Trinajstić information content (AvgIpc) is 3.08. The van der Waals surface area contributed by atoms with Crippen molar-refractivity contribution in [1.29, 1.82) is 0 Å². The Morgan fingerprint density at radius 2 is 1.55 bits per heavy atom. The lowest BCUT2D eigenvalue weighted by atomic mass is 10.2. The van der Waals surface area contributed by atoms with E-state index < -0.39 is 6.23 Å². The lowest BCUT2D eigenvalue weighted by molar-refractivity contribution is -0.133. The number of rotatable bonds is 20. The Balaban J connectivity index is 1.77. The zero-order valence-corrected chi connectivity index (χ0v) is 18.0. The molecule has 0 bridgehead atoms. The second-order valence-corrected chi connectivity index (χ2v) is 6.84. The van der Waals surface area contributed by atoms with Crippen molar-refractivity contribution in [2.24, 2.45) is 5.84 Å². The summed E-state index contributed by atoms with van der Waals surface area (Å²) in [5.41, 5.74) is 2.02. The maximum atomic E-state index is 11.8. The van der Waals surface area contributed by atoms with Crippen LogP contribution in [0, 0.1) is 0 Å². The molecule has 0 saturated carbocycles. The molecule has 1 aliphatic rings. The number of hydrogen-bond donors (Lipinski definition) is 4. The molecule has 1 atom stereocenters. The standard InChI is InChI=1S/C19H36N4O8/c20-22-17(25)4-7-28-9-11-30-13-14-31-12-10-29-8-5-21-15-16(24)3-6-23-18(26)1-2-19(23)27/h18,21,26H,1-15,20H2,(H,22,25). The van der Waals surface area contributed by atoms with Crippen molar-refractivity contribution >= 4 is 17.6 Å². The molecule has 1 aliphatic heterocycles. The van der Waals surface area contributed by atoms with Crippen LogP contribution in [0.4, 0.5) is 0 Å². The second kappa shape index (κ2) is 18.0. The van der Waals surface area contributed by atoms with Crippen molar-refractivity contribution in [3.05, 3.63) is 0 Å². The van der Waals surface area contributed by atoms with Crippen molar-refractivity contribution in [3.8, 4) is 0 Å². The van der Waals surface area contributed by atoms with Gasteiger partial charge >= 0.3 is 0 Å². The Hall–Kier alpha value is -1.67. The van der Waals surface area contributed by atoms with Crippen LogP contribution < -0.4 is 16.6 Å². The highest BCUT2D eigenvalue weighted by Crippen LogP contribution is 2.16. The van der Waals surface area contributed by atoms with Gasteiger partial charge in [-0.2, -0.15) is 0 Å². The summed E-state index contributed by atoms with van der Waals surface area (Å²) in [6.07, 6.45) is 0.468. The van der Waals surface area contributed by atoms with Crippen LogP contribution in [0.1, 0.15) is 25.7 Å². The third-order valence-electron chi connectivity index (χ3n) is 4.42. The van der Waals surface area contributed by atoms with Gasteiger partial charge < -0.3 is 34.3 Å². The summed E-state index contributed by atoms with van der Waals surface area (Å²) >= 11 is 0. The van der Waals surface area contributed by atoms with Crippen molar-refractivity contribution in [2.75, 3.05) is 72.5 Å². The minimum atomic E-state index is -0.757. The van der Waals surface area contributed by atoms with E-state index in [1.807, 2.05) is 5.43 Å². The predicted octanol–water partition coefficient (Wildman–Crippen LogP) is -2.08. The number of aliphatic hydroxyl groups is 1.